The zero-order valence-corrected chi connectivity index (χ0v) is 13.4. The summed E-state index contributed by atoms with van der Waals surface area (Å²) in [5.41, 5.74) is 2.50. The van der Waals surface area contributed by atoms with Crippen LogP contribution in [0, 0.1) is 11.3 Å². The number of nitriles is 1. The lowest BCUT2D eigenvalue weighted by Crippen LogP contribution is -2.13. The molecule has 0 amide bonds. The first kappa shape index (κ1) is 15.9. The summed E-state index contributed by atoms with van der Waals surface area (Å²) in [6.07, 6.45) is 1.73. The molecule has 1 aromatic heterocycles. The van der Waals surface area contributed by atoms with E-state index < -0.39 is 10.0 Å². The van der Waals surface area contributed by atoms with Gasteiger partial charge >= 0.3 is 0 Å². The molecule has 0 saturated heterocycles. The predicted molar refractivity (Wildman–Crippen MR) is 90.1 cm³/mol. The molecule has 0 spiro atoms. The minimum absolute atomic E-state index is 0.00406. The monoisotopic (exact) mass is 338 g/mol. The van der Waals surface area contributed by atoms with Gasteiger partial charge in [-0.2, -0.15) is 10.4 Å². The smallest absolute Gasteiger partial charge is 0.238 e. The Morgan fingerprint density at radius 3 is 2.38 bits per heavy atom. The number of hydrogen-bond acceptors (Lipinski definition) is 4. The fourth-order valence-electron chi connectivity index (χ4n) is 2.51. The van der Waals surface area contributed by atoms with Crippen molar-refractivity contribution in [3.8, 4) is 28.5 Å². The van der Waals surface area contributed by atoms with Gasteiger partial charge in [0.15, 0.2) is 0 Å². The Morgan fingerprint density at radius 2 is 1.71 bits per heavy atom. The first-order valence-corrected chi connectivity index (χ1v) is 8.67. The van der Waals surface area contributed by atoms with Crippen molar-refractivity contribution in [2.75, 3.05) is 0 Å². The van der Waals surface area contributed by atoms with Crippen LogP contribution in [-0.4, -0.2) is 18.2 Å². The molecule has 0 atom stereocenters. The highest BCUT2D eigenvalue weighted by molar-refractivity contribution is 7.89. The molecular formula is C17H14N4O2S. The van der Waals surface area contributed by atoms with Crippen molar-refractivity contribution in [2.45, 2.75) is 11.4 Å². The van der Waals surface area contributed by atoms with Gasteiger partial charge in [-0.1, -0.05) is 48.5 Å². The number of benzene rings is 2. The highest BCUT2D eigenvalue weighted by Gasteiger charge is 2.20. The second-order valence-corrected chi connectivity index (χ2v) is 6.68. The van der Waals surface area contributed by atoms with E-state index in [0.717, 1.165) is 11.1 Å². The van der Waals surface area contributed by atoms with E-state index in [9.17, 15) is 8.42 Å². The van der Waals surface area contributed by atoms with Crippen LogP contribution in [0.2, 0.25) is 0 Å². The molecule has 1 heterocycles. The van der Waals surface area contributed by atoms with E-state index >= 15 is 0 Å². The molecule has 0 saturated carbocycles. The Labute approximate surface area is 139 Å². The number of primary sulfonamides is 1. The summed E-state index contributed by atoms with van der Waals surface area (Å²) in [7, 11) is -3.90. The lowest BCUT2D eigenvalue weighted by atomic mass is 10.0. The Hall–Kier alpha value is -2.95. The van der Waals surface area contributed by atoms with Crippen LogP contribution in [0.15, 0.2) is 65.7 Å². The topological polar surface area (TPSA) is 102 Å². The standard InChI is InChI=1S/C17H14N4O2S/c18-10-11-21-12-15(13-6-2-1-3-7-13)17(20-21)14-8-4-5-9-16(14)24(19,22)23/h1-9,12H,11H2,(H2,19,22,23). The average molecular weight is 338 g/mol. The molecular weight excluding hydrogens is 324 g/mol. The fraction of sp³-hybridized carbons (Fsp3) is 0.0588. The van der Waals surface area contributed by atoms with Crippen LogP contribution in [-0.2, 0) is 16.6 Å². The number of rotatable bonds is 4. The van der Waals surface area contributed by atoms with E-state index in [-0.39, 0.29) is 11.4 Å². The lowest BCUT2D eigenvalue weighted by molar-refractivity contribution is 0.598. The molecule has 6 nitrogen and oxygen atoms in total. The predicted octanol–water partition coefficient (Wildman–Crippen LogP) is 2.39. The maximum absolute atomic E-state index is 11.9. The molecule has 24 heavy (non-hydrogen) atoms. The molecule has 2 aromatic carbocycles. The minimum Gasteiger partial charge on any atom is -0.257 e. The molecule has 0 radical (unpaired) electrons. The summed E-state index contributed by atoms with van der Waals surface area (Å²) in [5.74, 6) is 0. The zero-order chi connectivity index (χ0) is 17.2. The summed E-state index contributed by atoms with van der Waals surface area (Å²) in [6, 6.07) is 17.9. The minimum atomic E-state index is -3.90. The molecule has 3 rings (SSSR count). The third-order valence-corrected chi connectivity index (χ3v) is 4.50. The van der Waals surface area contributed by atoms with Crippen LogP contribution >= 0.6 is 0 Å². The van der Waals surface area contributed by atoms with Crippen molar-refractivity contribution >= 4 is 10.0 Å². The highest BCUT2D eigenvalue weighted by atomic mass is 32.2. The van der Waals surface area contributed by atoms with E-state index in [1.54, 1.807) is 24.4 Å². The van der Waals surface area contributed by atoms with Crippen molar-refractivity contribution in [3.05, 3.63) is 60.8 Å². The van der Waals surface area contributed by atoms with Crippen LogP contribution in [0.3, 0.4) is 0 Å². The van der Waals surface area contributed by atoms with Gasteiger partial charge in [0.25, 0.3) is 0 Å². The molecule has 0 bridgehead atoms. The number of sulfonamides is 1. The Kier molecular flexibility index (Phi) is 4.16. The Morgan fingerprint density at radius 1 is 1.04 bits per heavy atom. The van der Waals surface area contributed by atoms with E-state index in [1.807, 2.05) is 36.4 Å². The van der Waals surface area contributed by atoms with E-state index in [4.69, 9.17) is 10.4 Å². The first-order chi connectivity index (χ1) is 11.5. The molecule has 0 aliphatic rings. The summed E-state index contributed by atoms with van der Waals surface area (Å²) >= 11 is 0. The van der Waals surface area contributed by atoms with Gasteiger partial charge in [0, 0.05) is 17.3 Å². The Bertz CT molecular complexity index is 1020. The molecule has 2 N–H and O–H groups in total. The second-order valence-electron chi connectivity index (χ2n) is 5.15. The van der Waals surface area contributed by atoms with Gasteiger partial charge in [-0.25, -0.2) is 13.6 Å². The molecule has 120 valence electrons. The maximum Gasteiger partial charge on any atom is 0.238 e. The molecule has 0 aliphatic carbocycles. The summed E-state index contributed by atoms with van der Waals surface area (Å²) in [4.78, 5) is 0.00406. The molecule has 0 unspecified atom stereocenters. The fourth-order valence-corrected chi connectivity index (χ4v) is 3.25. The van der Waals surface area contributed by atoms with Gasteiger partial charge in [-0.3, -0.25) is 4.68 Å². The van der Waals surface area contributed by atoms with Crippen molar-refractivity contribution in [1.82, 2.24) is 9.78 Å². The van der Waals surface area contributed by atoms with Crippen molar-refractivity contribution < 1.29 is 8.42 Å². The van der Waals surface area contributed by atoms with Crippen LogP contribution < -0.4 is 5.14 Å². The van der Waals surface area contributed by atoms with E-state index in [1.165, 1.54) is 10.7 Å². The Balaban J connectivity index is 2.28. The third-order valence-electron chi connectivity index (χ3n) is 3.53. The van der Waals surface area contributed by atoms with Crippen molar-refractivity contribution in [2.24, 2.45) is 5.14 Å². The van der Waals surface area contributed by atoms with E-state index in [0.29, 0.717) is 11.3 Å². The van der Waals surface area contributed by atoms with Gasteiger partial charge in [-0.15, -0.1) is 0 Å². The van der Waals surface area contributed by atoms with Gasteiger partial charge in [0.1, 0.15) is 12.2 Å². The molecule has 7 heteroatoms. The summed E-state index contributed by atoms with van der Waals surface area (Å²) in [5, 5.41) is 18.6. The summed E-state index contributed by atoms with van der Waals surface area (Å²) in [6.45, 7) is 0.0668. The van der Waals surface area contributed by atoms with Crippen LogP contribution in [0.1, 0.15) is 0 Å². The number of aromatic nitrogens is 2. The zero-order valence-electron chi connectivity index (χ0n) is 12.6. The maximum atomic E-state index is 11.9. The molecule has 3 aromatic rings. The number of nitrogens with two attached hydrogens (primary N) is 1. The van der Waals surface area contributed by atoms with Gasteiger partial charge in [-0.05, 0) is 11.6 Å². The SMILES string of the molecule is N#CCn1cc(-c2ccccc2)c(-c2ccccc2S(N)(=O)=O)n1. The van der Waals surface area contributed by atoms with E-state index in [2.05, 4.69) is 5.10 Å². The molecule has 0 aliphatic heterocycles. The number of hydrogen-bond donors (Lipinski definition) is 1. The highest BCUT2D eigenvalue weighted by Crippen LogP contribution is 2.34. The lowest BCUT2D eigenvalue weighted by Gasteiger charge is -2.07. The number of nitrogens with zero attached hydrogens (tertiary/aromatic N) is 3. The van der Waals surface area contributed by atoms with Crippen LogP contribution in [0.25, 0.3) is 22.4 Å². The van der Waals surface area contributed by atoms with Crippen molar-refractivity contribution in [3.63, 3.8) is 0 Å². The van der Waals surface area contributed by atoms with Crippen LogP contribution in [0.5, 0.6) is 0 Å². The average Bonchev–Trinajstić information content (AvgIpc) is 2.99. The van der Waals surface area contributed by atoms with Gasteiger partial charge < -0.3 is 0 Å². The second kappa shape index (κ2) is 6.28. The van der Waals surface area contributed by atoms with Crippen molar-refractivity contribution in [1.29, 1.82) is 5.26 Å². The summed E-state index contributed by atoms with van der Waals surface area (Å²) < 4.78 is 25.3. The van der Waals surface area contributed by atoms with Crippen LogP contribution in [0.4, 0.5) is 0 Å². The quantitative estimate of drug-likeness (QED) is 0.789. The van der Waals surface area contributed by atoms with Gasteiger partial charge in [0.2, 0.25) is 10.0 Å². The molecule has 0 fully saturated rings. The third kappa shape index (κ3) is 3.06. The normalized spacial score (nSPS) is 11.2. The largest absolute Gasteiger partial charge is 0.257 e. The first-order valence-electron chi connectivity index (χ1n) is 7.13. The van der Waals surface area contributed by atoms with Gasteiger partial charge in [0.05, 0.1) is 11.0 Å².